The molecule has 1 saturated heterocycles. The fourth-order valence-corrected chi connectivity index (χ4v) is 3.17. The Hall–Kier alpha value is -3.13. The number of rotatable bonds is 5. The van der Waals surface area contributed by atoms with E-state index in [1.165, 1.54) is 0 Å². The van der Waals surface area contributed by atoms with Gasteiger partial charge < -0.3 is 14.8 Å². The Bertz CT molecular complexity index is 937. The van der Waals surface area contributed by atoms with E-state index in [1.54, 1.807) is 12.3 Å². The van der Waals surface area contributed by atoms with Crippen LogP contribution in [-0.2, 0) is 4.74 Å². The summed E-state index contributed by atoms with van der Waals surface area (Å²) in [5.74, 6) is 0.967. The van der Waals surface area contributed by atoms with Gasteiger partial charge in [-0.15, -0.1) is 5.10 Å². The molecule has 0 saturated carbocycles. The number of benzene rings is 1. The van der Waals surface area contributed by atoms with Crippen LogP contribution in [0.2, 0.25) is 0 Å². The van der Waals surface area contributed by atoms with Gasteiger partial charge >= 0.3 is 6.03 Å². The summed E-state index contributed by atoms with van der Waals surface area (Å²) in [5.41, 5.74) is 1.79. The standard InChI is InChI=1S/C20H23N5O3/c1-13(14-5-3-2-4-6-14)22-20(26)23-18-11-17-16(12-21-18)19(25-24-17)28-15-7-9-27-10-8-15/h2-6,11-13,15H,7-10H2,1H3,(H,24,25)(H2,21,22,23,26). The molecule has 1 atom stereocenters. The third-order valence-electron chi connectivity index (χ3n) is 4.75. The molecule has 2 amide bonds. The van der Waals surface area contributed by atoms with Gasteiger partial charge in [0.05, 0.1) is 30.2 Å². The molecule has 1 aliphatic rings. The molecule has 0 bridgehead atoms. The first-order chi connectivity index (χ1) is 13.7. The molecule has 3 N–H and O–H groups in total. The molecule has 0 aliphatic carbocycles. The number of pyridine rings is 1. The molecule has 1 aromatic carbocycles. The second kappa shape index (κ2) is 8.26. The number of H-pyrrole nitrogens is 1. The van der Waals surface area contributed by atoms with Gasteiger partial charge in [0.2, 0.25) is 5.88 Å². The van der Waals surface area contributed by atoms with Crippen molar-refractivity contribution in [3.05, 3.63) is 48.2 Å². The number of carbonyl (C=O) groups excluding carboxylic acids is 1. The van der Waals surface area contributed by atoms with Crippen molar-refractivity contribution in [1.29, 1.82) is 0 Å². The lowest BCUT2D eigenvalue weighted by molar-refractivity contribution is 0.0243. The number of amides is 2. The molecule has 0 spiro atoms. The first kappa shape index (κ1) is 18.2. The summed E-state index contributed by atoms with van der Waals surface area (Å²) in [4.78, 5) is 16.6. The first-order valence-electron chi connectivity index (χ1n) is 9.40. The number of nitrogens with one attached hydrogen (secondary N) is 3. The van der Waals surface area contributed by atoms with E-state index in [-0.39, 0.29) is 18.2 Å². The lowest BCUT2D eigenvalue weighted by Gasteiger charge is -2.22. The number of aromatic amines is 1. The normalized spacial score (nSPS) is 15.9. The topological polar surface area (TPSA) is 101 Å². The number of ether oxygens (including phenoxy) is 2. The van der Waals surface area contributed by atoms with Crippen LogP contribution in [0, 0.1) is 0 Å². The van der Waals surface area contributed by atoms with E-state index in [2.05, 4.69) is 25.8 Å². The zero-order valence-electron chi connectivity index (χ0n) is 15.6. The number of urea groups is 1. The van der Waals surface area contributed by atoms with Gasteiger partial charge in [0, 0.05) is 25.1 Å². The summed E-state index contributed by atoms with van der Waals surface area (Å²) in [6.45, 7) is 3.34. The number of aromatic nitrogens is 3. The van der Waals surface area contributed by atoms with Crippen molar-refractivity contribution >= 4 is 22.8 Å². The molecule has 28 heavy (non-hydrogen) atoms. The lowest BCUT2D eigenvalue weighted by atomic mass is 10.1. The van der Waals surface area contributed by atoms with Crippen molar-refractivity contribution in [3.63, 3.8) is 0 Å². The van der Waals surface area contributed by atoms with E-state index in [9.17, 15) is 4.79 Å². The summed E-state index contributed by atoms with van der Waals surface area (Å²) in [6, 6.07) is 11.1. The quantitative estimate of drug-likeness (QED) is 0.629. The highest BCUT2D eigenvalue weighted by molar-refractivity contribution is 5.92. The molecule has 2 aromatic heterocycles. The summed E-state index contributed by atoms with van der Waals surface area (Å²) < 4.78 is 11.3. The maximum atomic E-state index is 12.3. The van der Waals surface area contributed by atoms with Gasteiger partial charge in [-0.1, -0.05) is 30.3 Å². The zero-order valence-corrected chi connectivity index (χ0v) is 15.6. The van der Waals surface area contributed by atoms with Crippen molar-refractivity contribution in [3.8, 4) is 5.88 Å². The van der Waals surface area contributed by atoms with Crippen LogP contribution in [0.1, 0.15) is 31.4 Å². The van der Waals surface area contributed by atoms with Gasteiger partial charge in [-0.05, 0) is 12.5 Å². The SMILES string of the molecule is CC(NC(=O)Nc1cc2[nH]nc(OC3CCOCC3)c2cn1)c1ccccc1. The van der Waals surface area contributed by atoms with Crippen LogP contribution < -0.4 is 15.4 Å². The molecule has 146 valence electrons. The molecule has 3 heterocycles. The first-order valence-corrected chi connectivity index (χ1v) is 9.40. The Labute approximate surface area is 162 Å². The summed E-state index contributed by atoms with van der Waals surface area (Å²) in [7, 11) is 0. The van der Waals surface area contributed by atoms with Crippen molar-refractivity contribution in [2.75, 3.05) is 18.5 Å². The average molecular weight is 381 g/mol. The van der Waals surface area contributed by atoms with Crippen LogP contribution in [-0.4, -0.2) is 40.5 Å². The number of fused-ring (bicyclic) bond motifs is 1. The maximum Gasteiger partial charge on any atom is 0.320 e. The van der Waals surface area contributed by atoms with E-state index in [0.717, 1.165) is 29.3 Å². The van der Waals surface area contributed by atoms with Crippen molar-refractivity contribution in [1.82, 2.24) is 20.5 Å². The second-order valence-electron chi connectivity index (χ2n) is 6.80. The zero-order chi connectivity index (χ0) is 19.3. The molecular weight excluding hydrogens is 358 g/mol. The molecular formula is C20H23N5O3. The second-order valence-corrected chi connectivity index (χ2v) is 6.80. The molecule has 4 rings (SSSR count). The number of nitrogens with zero attached hydrogens (tertiary/aromatic N) is 2. The average Bonchev–Trinajstić information content (AvgIpc) is 3.11. The number of carbonyl (C=O) groups is 1. The summed E-state index contributed by atoms with van der Waals surface area (Å²) in [6.07, 6.45) is 3.45. The van der Waals surface area contributed by atoms with Gasteiger partial charge in [0.15, 0.2) is 0 Å². The Morgan fingerprint density at radius 3 is 2.86 bits per heavy atom. The highest BCUT2D eigenvalue weighted by Crippen LogP contribution is 2.26. The monoisotopic (exact) mass is 381 g/mol. The lowest BCUT2D eigenvalue weighted by Crippen LogP contribution is -2.31. The van der Waals surface area contributed by atoms with E-state index in [4.69, 9.17) is 9.47 Å². The van der Waals surface area contributed by atoms with Crippen LogP contribution in [0.4, 0.5) is 10.6 Å². The highest BCUT2D eigenvalue weighted by atomic mass is 16.5. The Kier molecular flexibility index (Phi) is 5.38. The third-order valence-corrected chi connectivity index (χ3v) is 4.75. The van der Waals surface area contributed by atoms with E-state index in [1.807, 2.05) is 37.3 Å². The third kappa shape index (κ3) is 4.23. The van der Waals surface area contributed by atoms with Crippen LogP contribution in [0.15, 0.2) is 42.6 Å². The van der Waals surface area contributed by atoms with Crippen molar-refractivity contribution in [2.24, 2.45) is 0 Å². The van der Waals surface area contributed by atoms with Gasteiger partial charge in [0.1, 0.15) is 11.9 Å². The van der Waals surface area contributed by atoms with Crippen molar-refractivity contribution < 1.29 is 14.3 Å². The Morgan fingerprint density at radius 1 is 1.29 bits per heavy atom. The molecule has 1 fully saturated rings. The van der Waals surface area contributed by atoms with Crippen LogP contribution in [0.5, 0.6) is 5.88 Å². The van der Waals surface area contributed by atoms with Gasteiger partial charge in [-0.25, -0.2) is 9.78 Å². The molecule has 1 aliphatic heterocycles. The van der Waals surface area contributed by atoms with Gasteiger partial charge in [0.25, 0.3) is 0 Å². The van der Waals surface area contributed by atoms with Gasteiger partial charge in [-0.3, -0.25) is 10.4 Å². The predicted molar refractivity (Wildman–Crippen MR) is 105 cm³/mol. The smallest absolute Gasteiger partial charge is 0.320 e. The van der Waals surface area contributed by atoms with E-state index >= 15 is 0 Å². The molecule has 8 nitrogen and oxygen atoms in total. The van der Waals surface area contributed by atoms with Crippen molar-refractivity contribution in [2.45, 2.75) is 31.9 Å². The highest BCUT2D eigenvalue weighted by Gasteiger charge is 2.18. The minimum absolute atomic E-state index is 0.100. The molecule has 3 aromatic rings. The van der Waals surface area contributed by atoms with E-state index < -0.39 is 0 Å². The van der Waals surface area contributed by atoms with E-state index in [0.29, 0.717) is 24.9 Å². The molecule has 8 heteroatoms. The van der Waals surface area contributed by atoms with Crippen LogP contribution in [0.3, 0.4) is 0 Å². The Morgan fingerprint density at radius 2 is 2.07 bits per heavy atom. The van der Waals surface area contributed by atoms with Gasteiger partial charge in [-0.2, -0.15) is 0 Å². The van der Waals surface area contributed by atoms with Crippen LogP contribution >= 0.6 is 0 Å². The number of anilines is 1. The minimum atomic E-state index is -0.318. The molecule has 0 radical (unpaired) electrons. The molecule has 1 unspecified atom stereocenters. The van der Waals surface area contributed by atoms with Crippen LogP contribution in [0.25, 0.3) is 10.9 Å². The fourth-order valence-electron chi connectivity index (χ4n) is 3.17. The minimum Gasteiger partial charge on any atom is -0.473 e. The largest absolute Gasteiger partial charge is 0.473 e. The Balaban J connectivity index is 1.40. The predicted octanol–water partition coefficient (Wildman–Crippen LogP) is 3.40. The fraction of sp³-hybridized carbons (Fsp3) is 0.350. The number of hydrogen-bond donors (Lipinski definition) is 3. The maximum absolute atomic E-state index is 12.3. The summed E-state index contributed by atoms with van der Waals surface area (Å²) in [5, 5.41) is 13.6. The summed E-state index contributed by atoms with van der Waals surface area (Å²) >= 11 is 0. The number of hydrogen-bond acceptors (Lipinski definition) is 5.